The Morgan fingerprint density at radius 1 is 0.775 bits per heavy atom. The van der Waals surface area contributed by atoms with Gasteiger partial charge in [-0.1, -0.05) is 103 Å². The molecule has 0 spiro atoms. The second kappa shape index (κ2) is 16.8. The van der Waals surface area contributed by atoms with E-state index in [1.807, 2.05) is 0 Å². The number of nitrogens with zero attached hydrogens (tertiary/aromatic N) is 2. The van der Waals surface area contributed by atoms with E-state index in [1.165, 1.54) is 22.3 Å². The maximum Gasteiger partial charge on any atom is 0.328 e. The molecular weight excluding hydrogens is 504 g/mol. The van der Waals surface area contributed by atoms with Gasteiger partial charge in [0.05, 0.1) is 6.61 Å². The molecule has 3 aromatic carbocycles. The molecule has 4 rings (SSSR count). The van der Waals surface area contributed by atoms with Crippen LogP contribution in [0, 0.1) is 6.92 Å². The van der Waals surface area contributed by atoms with Crippen molar-refractivity contribution in [1.29, 1.82) is 0 Å². The minimum absolute atomic E-state index is 0.0128. The Morgan fingerprint density at radius 2 is 1.30 bits per heavy atom. The fourth-order valence-electron chi connectivity index (χ4n) is 4.29. The molecule has 40 heavy (non-hydrogen) atoms. The lowest BCUT2D eigenvalue weighted by Crippen LogP contribution is -2.47. The molecule has 2 N–H and O–H groups in total. The second-order valence-electron chi connectivity index (χ2n) is 9.54. The Balaban J connectivity index is 0.000000482. The molecule has 7 heteroatoms. The van der Waals surface area contributed by atoms with Gasteiger partial charge in [-0.2, -0.15) is 0 Å². The standard InChI is InChI=1S/C29H34N2O.C4H4O4/c1-25-14-16-28(17-15-25)29(27-12-6-3-7-13-27)32-24-23-31-21-19-30(20-22-31)18-8-11-26-9-4-2-5-10-26;5-3(6)1-2-4(7)8/h2-17,29H,18-24H2,1H3;1-2H,(H,5,6)(H,7,8). The Morgan fingerprint density at radius 3 is 1.88 bits per heavy atom. The van der Waals surface area contributed by atoms with E-state index in [9.17, 15) is 9.59 Å². The number of hydrogen-bond donors (Lipinski definition) is 2. The van der Waals surface area contributed by atoms with Gasteiger partial charge in [0.1, 0.15) is 6.10 Å². The van der Waals surface area contributed by atoms with Crippen LogP contribution < -0.4 is 0 Å². The predicted octanol–water partition coefficient (Wildman–Crippen LogP) is 5.14. The highest BCUT2D eigenvalue weighted by molar-refractivity contribution is 5.89. The normalized spacial score (nSPS) is 15.0. The predicted molar refractivity (Wildman–Crippen MR) is 158 cm³/mol. The summed E-state index contributed by atoms with van der Waals surface area (Å²) in [5.74, 6) is -2.51. The van der Waals surface area contributed by atoms with Gasteiger partial charge in [0, 0.05) is 51.4 Å². The number of aryl methyl sites for hydroxylation is 1. The quantitative estimate of drug-likeness (QED) is 0.324. The van der Waals surface area contributed by atoms with E-state index < -0.39 is 11.9 Å². The van der Waals surface area contributed by atoms with Crippen molar-refractivity contribution >= 4 is 18.0 Å². The third-order valence-electron chi connectivity index (χ3n) is 6.48. The number of rotatable bonds is 11. The summed E-state index contributed by atoms with van der Waals surface area (Å²) in [6.45, 7) is 9.27. The highest BCUT2D eigenvalue weighted by Gasteiger charge is 2.18. The smallest absolute Gasteiger partial charge is 0.328 e. The van der Waals surface area contributed by atoms with Crippen LogP contribution in [0.3, 0.4) is 0 Å². The number of ether oxygens (including phenoxy) is 1. The van der Waals surface area contributed by atoms with Gasteiger partial charge < -0.3 is 14.9 Å². The zero-order valence-corrected chi connectivity index (χ0v) is 22.9. The van der Waals surface area contributed by atoms with Crippen LogP contribution in [0.2, 0.25) is 0 Å². The van der Waals surface area contributed by atoms with E-state index in [4.69, 9.17) is 14.9 Å². The zero-order valence-electron chi connectivity index (χ0n) is 22.9. The zero-order chi connectivity index (χ0) is 28.6. The van der Waals surface area contributed by atoms with E-state index in [-0.39, 0.29) is 6.10 Å². The second-order valence-corrected chi connectivity index (χ2v) is 9.54. The van der Waals surface area contributed by atoms with Crippen molar-refractivity contribution in [3.8, 4) is 0 Å². The molecule has 1 atom stereocenters. The van der Waals surface area contributed by atoms with E-state index in [2.05, 4.69) is 114 Å². The van der Waals surface area contributed by atoms with E-state index in [1.54, 1.807) is 0 Å². The number of benzene rings is 3. The molecule has 1 aliphatic heterocycles. The first-order valence-electron chi connectivity index (χ1n) is 13.4. The van der Waals surface area contributed by atoms with Gasteiger partial charge >= 0.3 is 11.9 Å². The third-order valence-corrected chi connectivity index (χ3v) is 6.48. The molecule has 0 bridgehead atoms. The lowest BCUT2D eigenvalue weighted by atomic mass is 10.0. The molecule has 7 nitrogen and oxygen atoms in total. The number of piperazine rings is 1. The Labute approximate surface area is 236 Å². The number of carboxylic acid groups (broad SMARTS) is 2. The van der Waals surface area contributed by atoms with Crippen LogP contribution in [0.15, 0.2) is 103 Å². The van der Waals surface area contributed by atoms with Crippen LogP contribution >= 0.6 is 0 Å². The Kier molecular flexibility index (Phi) is 12.8. The SMILES string of the molecule is Cc1ccc(C(OCCN2CCN(CC=Cc3ccccc3)CC2)c2ccccc2)cc1.O=C(O)C=CC(=O)O. The molecule has 0 radical (unpaired) electrons. The fourth-order valence-corrected chi connectivity index (χ4v) is 4.29. The summed E-state index contributed by atoms with van der Waals surface area (Å²) in [5, 5.41) is 15.6. The van der Waals surface area contributed by atoms with Crippen molar-refractivity contribution in [2.75, 3.05) is 45.9 Å². The highest BCUT2D eigenvalue weighted by Crippen LogP contribution is 2.26. The van der Waals surface area contributed by atoms with Gasteiger partial charge in [0.25, 0.3) is 0 Å². The van der Waals surface area contributed by atoms with E-state index >= 15 is 0 Å². The van der Waals surface area contributed by atoms with Crippen LogP contribution in [-0.2, 0) is 14.3 Å². The van der Waals surface area contributed by atoms with Gasteiger partial charge in [-0.25, -0.2) is 9.59 Å². The Hall–Kier alpha value is -4.04. The average Bonchev–Trinajstić information content (AvgIpc) is 2.97. The number of hydrogen-bond acceptors (Lipinski definition) is 5. The van der Waals surface area contributed by atoms with Crippen LogP contribution in [0.4, 0.5) is 0 Å². The van der Waals surface area contributed by atoms with Crippen molar-refractivity contribution < 1.29 is 24.5 Å². The maximum atomic E-state index is 9.55. The van der Waals surface area contributed by atoms with Gasteiger partial charge in [0.15, 0.2) is 0 Å². The summed E-state index contributed by atoms with van der Waals surface area (Å²) in [6, 6.07) is 29.8. The topological polar surface area (TPSA) is 90.3 Å². The van der Waals surface area contributed by atoms with E-state index in [0.717, 1.165) is 45.9 Å². The average molecular weight is 543 g/mol. The van der Waals surface area contributed by atoms with Crippen molar-refractivity contribution in [1.82, 2.24) is 9.80 Å². The van der Waals surface area contributed by atoms with Crippen LogP contribution in [-0.4, -0.2) is 77.8 Å². The van der Waals surface area contributed by atoms with Gasteiger partial charge in [-0.05, 0) is 23.6 Å². The summed E-state index contributed by atoms with van der Waals surface area (Å²) in [5.41, 5.74) is 4.98. The number of aliphatic carboxylic acids is 2. The highest BCUT2D eigenvalue weighted by atomic mass is 16.5. The summed E-state index contributed by atoms with van der Waals surface area (Å²) >= 11 is 0. The lowest BCUT2D eigenvalue weighted by Gasteiger charge is -2.34. The molecule has 3 aromatic rings. The molecule has 210 valence electrons. The molecule has 1 saturated heterocycles. The molecule has 0 saturated carbocycles. The fraction of sp³-hybridized carbons (Fsp3) is 0.273. The molecule has 1 fully saturated rings. The van der Waals surface area contributed by atoms with Crippen LogP contribution in [0.25, 0.3) is 6.08 Å². The summed E-state index contributed by atoms with van der Waals surface area (Å²) in [7, 11) is 0. The van der Waals surface area contributed by atoms with Crippen molar-refractivity contribution in [2.24, 2.45) is 0 Å². The first kappa shape index (κ1) is 30.5. The van der Waals surface area contributed by atoms with Crippen molar-refractivity contribution in [3.05, 3.63) is 125 Å². The number of carbonyl (C=O) groups is 2. The summed E-state index contributed by atoms with van der Waals surface area (Å²) in [6.07, 6.45) is 5.60. The molecule has 1 unspecified atom stereocenters. The van der Waals surface area contributed by atoms with Gasteiger partial charge in [-0.3, -0.25) is 9.80 Å². The molecular formula is C33H38N2O5. The van der Waals surface area contributed by atoms with Crippen molar-refractivity contribution in [3.63, 3.8) is 0 Å². The third kappa shape index (κ3) is 11.4. The minimum Gasteiger partial charge on any atom is -0.478 e. The number of carboxylic acids is 2. The molecule has 1 aliphatic rings. The minimum atomic E-state index is -1.26. The maximum absolute atomic E-state index is 9.55. The Bertz CT molecular complexity index is 1200. The first-order chi connectivity index (χ1) is 19.4. The molecule has 0 aliphatic carbocycles. The summed E-state index contributed by atoms with van der Waals surface area (Å²) in [4.78, 5) is 24.2. The lowest BCUT2D eigenvalue weighted by molar-refractivity contribution is -0.134. The van der Waals surface area contributed by atoms with Crippen LogP contribution in [0.1, 0.15) is 28.4 Å². The van der Waals surface area contributed by atoms with Crippen molar-refractivity contribution in [2.45, 2.75) is 13.0 Å². The molecule has 1 heterocycles. The summed E-state index contributed by atoms with van der Waals surface area (Å²) < 4.78 is 6.43. The molecule has 0 aromatic heterocycles. The van der Waals surface area contributed by atoms with Gasteiger partial charge in [0.2, 0.25) is 0 Å². The largest absolute Gasteiger partial charge is 0.478 e. The molecule has 0 amide bonds. The van der Waals surface area contributed by atoms with Crippen LogP contribution in [0.5, 0.6) is 0 Å². The van der Waals surface area contributed by atoms with E-state index in [0.29, 0.717) is 12.2 Å². The monoisotopic (exact) mass is 542 g/mol. The van der Waals surface area contributed by atoms with Gasteiger partial charge in [-0.15, -0.1) is 0 Å². The first-order valence-corrected chi connectivity index (χ1v) is 13.4.